The Morgan fingerprint density at radius 2 is 1.83 bits per heavy atom. The summed E-state index contributed by atoms with van der Waals surface area (Å²) in [6.07, 6.45) is 1.15. The van der Waals surface area contributed by atoms with Gasteiger partial charge in [0.1, 0.15) is 11.6 Å². The average molecular weight is 419 g/mol. The highest BCUT2D eigenvalue weighted by Gasteiger charge is 2.32. The Bertz CT molecular complexity index is 871. The second-order valence-corrected chi connectivity index (χ2v) is 7.73. The first kappa shape index (κ1) is 20.1. The molecule has 0 aliphatic carbocycles. The van der Waals surface area contributed by atoms with Crippen molar-refractivity contribution in [2.24, 2.45) is 0 Å². The molecule has 0 saturated carbocycles. The standard InChI is InChI=1S/C21H24ClFN4O2/c1-29-16-5-2-14(3-6-16)19-13-20(25-24-19)26-8-10-27(11-9-26)21(28)15-4-7-18(23)17(22)12-15/h2-7,12,19-20,24-25H,8-11,13H2,1H3. The lowest BCUT2D eigenvalue weighted by Crippen LogP contribution is -2.55. The number of methoxy groups -OCH3 is 1. The highest BCUT2D eigenvalue weighted by Crippen LogP contribution is 2.26. The maximum absolute atomic E-state index is 13.3. The van der Waals surface area contributed by atoms with Crippen molar-refractivity contribution in [2.45, 2.75) is 18.6 Å². The Balaban J connectivity index is 1.31. The van der Waals surface area contributed by atoms with E-state index in [-0.39, 0.29) is 23.1 Å². The van der Waals surface area contributed by atoms with Crippen LogP contribution < -0.4 is 15.6 Å². The highest BCUT2D eigenvalue weighted by atomic mass is 35.5. The number of benzene rings is 2. The van der Waals surface area contributed by atoms with Gasteiger partial charge in [0.05, 0.1) is 18.3 Å². The van der Waals surface area contributed by atoms with E-state index in [9.17, 15) is 9.18 Å². The van der Waals surface area contributed by atoms with E-state index < -0.39 is 5.82 Å². The summed E-state index contributed by atoms with van der Waals surface area (Å²) < 4.78 is 18.6. The molecular formula is C21H24ClFN4O2. The number of carbonyl (C=O) groups excluding carboxylic acids is 1. The van der Waals surface area contributed by atoms with E-state index in [0.29, 0.717) is 18.7 Å². The van der Waals surface area contributed by atoms with E-state index in [4.69, 9.17) is 16.3 Å². The van der Waals surface area contributed by atoms with Crippen LogP contribution in [-0.2, 0) is 0 Å². The zero-order chi connectivity index (χ0) is 20.4. The van der Waals surface area contributed by atoms with E-state index >= 15 is 0 Å². The van der Waals surface area contributed by atoms with Crippen LogP contribution in [0.2, 0.25) is 5.02 Å². The minimum Gasteiger partial charge on any atom is -0.497 e. The number of hydrogen-bond donors (Lipinski definition) is 2. The Labute approximate surface area is 174 Å². The van der Waals surface area contributed by atoms with Crippen LogP contribution in [0.3, 0.4) is 0 Å². The van der Waals surface area contributed by atoms with Crippen LogP contribution in [0.1, 0.15) is 28.4 Å². The van der Waals surface area contributed by atoms with Crippen LogP contribution in [0.25, 0.3) is 0 Å². The second kappa shape index (κ2) is 8.67. The number of nitrogens with one attached hydrogen (secondary N) is 2. The fourth-order valence-corrected chi connectivity index (χ4v) is 4.06. The summed E-state index contributed by atoms with van der Waals surface area (Å²) >= 11 is 5.81. The molecule has 2 aliphatic heterocycles. The third-order valence-corrected chi connectivity index (χ3v) is 5.90. The van der Waals surface area contributed by atoms with Crippen molar-refractivity contribution >= 4 is 17.5 Å². The zero-order valence-corrected chi connectivity index (χ0v) is 17.0. The first-order valence-electron chi connectivity index (χ1n) is 9.68. The van der Waals surface area contributed by atoms with E-state index in [1.54, 1.807) is 12.0 Å². The number of carbonyl (C=O) groups is 1. The SMILES string of the molecule is COc1ccc(C2CC(N3CCN(C(=O)c4ccc(F)c(Cl)c4)CC3)NN2)cc1. The lowest BCUT2D eigenvalue weighted by atomic mass is 10.0. The van der Waals surface area contributed by atoms with Gasteiger partial charge in [-0.25, -0.2) is 15.2 Å². The van der Waals surface area contributed by atoms with Crippen LogP contribution in [0.15, 0.2) is 42.5 Å². The number of ether oxygens (including phenoxy) is 1. The average Bonchev–Trinajstić information content (AvgIpc) is 3.25. The van der Waals surface area contributed by atoms with Crippen molar-refractivity contribution in [2.75, 3.05) is 33.3 Å². The minimum atomic E-state index is -0.515. The maximum atomic E-state index is 13.3. The minimum absolute atomic E-state index is 0.0275. The highest BCUT2D eigenvalue weighted by molar-refractivity contribution is 6.31. The molecule has 8 heteroatoms. The van der Waals surface area contributed by atoms with E-state index in [0.717, 1.165) is 25.3 Å². The van der Waals surface area contributed by atoms with E-state index in [1.807, 2.05) is 12.1 Å². The van der Waals surface area contributed by atoms with Crippen LogP contribution in [-0.4, -0.2) is 55.2 Å². The predicted octanol–water partition coefficient (Wildman–Crippen LogP) is 2.81. The number of piperazine rings is 1. The molecule has 6 nitrogen and oxygen atoms in total. The summed E-state index contributed by atoms with van der Waals surface area (Å²) in [5.74, 6) is 0.221. The Hall–Kier alpha value is -2.19. The molecule has 29 heavy (non-hydrogen) atoms. The molecule has 1 amide bonds. The molecule has 4 rings (SSSR count). The van der Waals surface area contributed by atoms with Gasteiger partial charge in [-0.05, 0) is 42.3 Å². The summed E-state index contributed by atoms with van der Waals surface area (Å²) in [6.45, 7) is 2.79. The van der Waals surface area contributed by atoms with Crippen LogP contribution in [0.4, 0.5) is 4.39 Å². The Morgan fingerprint density at radius 1 is 1.10 bits per heavy atom. The molecule has 0 radical (unpaired) electrons. The number of amides is 1. The van der Waals surface area contributed by atoms with Crippen molar-refractivity contribution in [3.05, 3.63) is 64.4 Å². The van der Waals surface area contributed by atoms with Gasteiger partial charge in [0.2, 0.25) is 0 Å². The van der Waals surface area contributed by atoms with Gasteiger partial charge in [0.15, 0.2) is 0 Å². The molecule has 2 N–H and O–H groups in total. The van der Waals surface area contributed by atoms with Gasteiger partial charge < -0.3 is 9.64 Å². The van der Waals surface area contributed by atoms with Gasteiger partial charge in [0, 0.05) is 37.8 Å². The molecule has 2 heterocycles. The quantitative estimate of drug-likeness (QED) is 0.799. The van der Waals surface area contributed by atoms with Crippen LogP contribution in [0, 0.1) is 5.82 Å². The molecule has 2 unspecified atom stereocenters. The van der Waals surface area contributed by atoms with E-state index in [1.165, 1.54) is 23.8 Å². The van der Waals surface area contributed by atoms with Gasteiger partial charge in [-0.2, -0.15) is 0 Å². The molecule has 0 bridgehead atoms. The first-order valence-corrected chi connectivity index (χ1v) is 10.1. The van der Waals surface area contributed by atoms with Crippen molar-refractivity contribution in [1.82, 2.24) is 20.7 Å². The molecule has 2 aromatic carbocycles. The zero-order valence-electron chi connectivity index (χ0n) is 16.2. The summed E-state index contributed by atoms with van der Waals surface area (Å²) in [5, 5.41) is -0.0275. The molecule has 154 valence electrons. The second-order valence-electron chi connectivity index (χ2n) is 7.32. The third-order valence-electron chi connectivity index (χ3n) is 5.61. The molecule has 2 saturated heterocycles. The number of rotatable bonds is 4. The fraction of sp³-hybridized carbons (Fsp3) is 0.381. The van der Waals surface area contributed by atoms with Gasteiger partial charge in [-0.15, -0.1) is 0 Å². The number of nitrogens with zero attached hydrogens (tertiary/aromatic N) is 2. The molecule has 2 atom stereocenters. The van der Waals surface area contributed by atoms with Gasteiger partial charge in [0.25, 0.3) is 5.91 Å². The smallest absolute Gasteiger partial charge is 0.253 e. The summed E-state index contributed by atoms with van der Waals surface area (Å²) in [4.78, 5) is 16.8. The van der Waals surface area contributed by atoms with Gasteiger partial charge in [-0.3, -0.25) is 9.69 Å². The topological polar surface area (TPSA) is 56.8 Å². The first-order chi connectivity index (χ1) is 14.0. The van der Waals surface area contributed by atoms with Crippen LogP contribution >= 0.6 is 11.6 Å². The lowest BCUT2D eigenvalue weighted by molar-refractivity contribution is 0.0545. The Morgan fingerprint density at radius 3 is 2.48 bits per heavy atom. The molecule has 2 aromatic rings. The molecule has 0 spiro atoms. The van der Waals surface area contributed by atoms with Crippen LogP contribution in [0.5, 0.6) is 5.75 Å². The lowest BCUT2D eigenvalue weighted by Gasteiger charge is -2.37. The fourth-order valence-electron chi connectivity index (χ4n) is 3.88. The number of hydrogen-bond acceptors (Lipinski definition) is 5. The van der Waals surface area contributed by atoms with Gasteiger partial charge >= 0.3 is 0 Å². The van der Waals surface area contributed by atoms with Crippen molar-refractivity contribution in [3.63, 3.8) is 0 Å². The Kier molecular flexibility index (Phi) is 6.01. The summed E-state index contributed by atoms with van der Waals surface area (Å²) in [7, 11) is 1.66. The molecular weight excluding hydrogens is 395 g/mol. The van der Waals surface area contributed by atoms with Crippen molar-refractivity contribution in [3.8, 4) is 5.75 Å². The molecule has 0 aromatic heterocycles. The largest absolute Gasteiger partial charge is 0.497 e. The number of halogens is 2. The van der Waals surface area contributed by atoms with E-state index in [2.05, 4.69) is 27.9 Å². The van der Waals surface area contributed by atoms with Gasteiger partial charge in [-0.1, -0.05) is 23.7 Å². The monoisotopic (exact) mass is 418 g/mol. The van der Waals surface area contributed by atoms with Crippen molar-refractivity contribution < 1.29 is 13.9 Å². The third kappa shape index (κ3) is 4.38. The van der Waals surface area contributed by atoms with Crippen molar-refractivity contribution in [1.29, 1.82) is 0 Å². The summed E-state index contributed by atoms with van der Waals surface area (Å²) in [6, 6.07) is 12.4. The predicted molar refractivity (Wildman–Crippen MR) is 109 cm³/mol. The summed E-state index contributed by atoms with van der Waals surface area (Å²) in [5.41, 5.74) is 8.37. The molecule has 2 fully saturated rings. The number of hydrazine groups is 1. The normalized spacial score (nSPS) is 22.7. The maximum Gasteiger partial charge on any atom is 0.253 e. The molecule has 2 aliphatic rings.